The number of aliphatic hydroxyl groups excluding tert-OH is 4. The van der Waals surface area contributed by atoms with Gasteiger partial charge in [-0.3, -0.25) is 0 Å². The van der Waals surface area contributed by atoms with Crippen molar-refractivity contribution in [2.75, 3.05) is 6.61 Å². The molecule has 0 radical (unpaired) electrons. The van der Waals surface area contributed by atoms with Crippen molar-refractivity contribution in [1.29, 1.82) is 0 Å². The zero-order valence-corrected chi connectivity index (χ0v) is 29.2. The van der Waals surface area contributed by atoms with Crippen LogP contribution in [0.5, 0.6) is 0 Å². The third-order valence-electron chi connectivity index (χ3n) is 13.9. The van der Waals surface area contributed by atoms with E-state index >= 15 is 0 Å². The number of rotatable bonds is 11. The number of aliphatic hydroxyl groups is 5. The third-order valence-corrected chi connectivity index (χ3v) is 13.9. The number of ether oxygens (including phenoxy) is 3. The van der Waals surface area contributed by atoms with E-state index in [1.165, 1.54) is 25.7 Å². The van der Waals surface area contributed by atoms with Gasteiger partial charge < -0.3 is 44.5 Å². The fraction of sp³-hybridized carbons (Fsp3) is 0.919. The van der Waals surface area contributed by atoms with E-state index in [1.807, 2.05) is 13.8 Å². The summed E-state index contributed by atoms with van der Waals surface area (Å²) in [5.41, 5.74) is -1.63. The average molecular weight is 651 g/mol. The molecule has 3 unspecified atom stereocenters. The monoisotopic (exact) mass is 650 g/mol. The largest absolute Gasteiger partial charge is 0.394 e. The molecule has 3 aliphatic carbocycles. The Labute approximate surface area is 276 Å². The predicted octanol–water partition coefficient (Wildman–Crippen LogP) is 4.30. The van der Waals surface area contributed by atoms with Crippen LogP contribution in [0.25, 0.3) is 0 Å². The van der Waals surface area contributed by atoms with Crippen molar-refractivity contribution >= 4 is 6.29 Å². The van der Waals surface area contributed by atoms with Crippen LogP contribution in [0.15, 0.2) is 12.2 Å². The lowest BCUT2D eigenvalue weighted by atomic mass is 9.50. The van der Waals surface area contributed by atoms with Crippen LogP contribution in [0.2, 0.25) is 0 Å². The van der Waals surface area contributed by atoms with E-state index < -0.39 is 66.1 Å². The van der Waals surface area contributed by atoms with Gasteiger partial charge >= 0.3 is 0 Å². The number of hydrogen-bond donors (Lipinski definition) is 5. The second-order valence-electron chi connectivity index (χ2n) is 17.3. The first-order valence-electron chi connectivity index (χ1n) is 18.0. The Morgan fingerprint density at radius 3 is 2.35 bits per heavy atom. The van der Waals surface area contributed by atoms with Gasteiger partial charge in [0.25, 0.3) is 0 Å². The van der Waals surface area contributed by atoms with Gasteiger partial charge in [-0.25, -0.2) is 0 Å². The lowest BCUT2D eigenvalue weighted by Crippen LogP contribution is -2.72. The molecule has 14 atom stereocenters. The summed E-state index contributed by atoms with van der Waals surface area (Å²) in [6, 6.07) is 0. The zero-order chi connectivity index (χ0) is 33.9. The van der Waals surface area contributed by atoms with Gasteiger partial charge in [-0.1, -0.05) is 66.0 Å². The second-order valence-corrected chi connectivity index (χ2v) is 17.3. The number of allylic oxidation sites excluding steroid dienone is 1. The van der Waals surface area contributed by atoms with Gasteiger partial charge in [-0.05, 0) is 87.4 Å². The Morgan fingerprint density at radius 1 is 0.978 bits per heavy atom. The van der Waals surface area contributed by atoms with Crippen LogP contribution in [-0.2, 0) is 19.0 Å². The van der Waals surface area contributed by atoms with E-state index in [9.17, 15) is 30.3 Å². The van der Waals surface area contributed by atoms with Crippen LogP contribution in [0.4, 0.5) is 0 Å². The van der Waals surface area contributed by atoms with Gasteiger partial charge in [0.15, 0.2) is 6.29 Å². The highest BCUT2D eigenvalue weighted by Crippen LogP contribution is 2.68. The van der Waals surface area contributed by atoms with E-state index in [0.29, 0.717) is 30.6 Å². The fourth-order valence-electron chi connectivity index (χ4n) is 10.7. The maximum atomic E-state index is 12.0. The highest BCUT2D eigenvalue weighted by molar-refractivity contribution is 5.60. The van der Waals surface area contributed by atoms with Crippen LogP contribution < -0.4 is 0 Å². The summed E-state index contributed by atoms with van der Waals surface area (Å²) in [5, 5.41) is 51.3. The molecule has 0 bridgehead atoms. The Hall–Kier alpha value is -0.910. The maximum absolute atomic E-state index is 12.0. The highest BCUT2D eigenvalue weighted by Gasteiger charge is 2.67. The lowest BCUT2D eigenvalue weighted by Gasteiger charge is -2.65. The molecule has 2 saturated heterocycles. The van der Waals surface area contributed by atoms with Crippen molar-refractivity contribution in [3.8, 4) is 0 Å². The van der Waals surface area contributed by atoms with Gasteiger partial charge in [0, 0.05) is 11.3 Å². The van der Waals surface area contributed by atoms with Crippen LogP contribution in [0.3, 0.4) is 0 Å². The number of carbonyl (C=O) groups excluding carboxylic acids is 1. The summed E-state index contributed by atoms with van der Waals surface area (Å²) >= 11 is 0. The normalized spacial score (nSPS) is 48.0. The Kier molecular flexibility index (Phi) is 10.3. The van der Waals surface area contributed by atoms with E-state index in [2.05, 4.69) is 46.8 Å². The Bertz CT molecular complexity index is 1100. The van der Waals surface area contributed by atoms with E-state index in [1.54, 1.807) is 0 Å². The molecule has 5 rings (SSSR count). The van der Waals surface area contributed by atoms with Gasteiger partial charge in [0.2, 0.25) is 0 Å². The van der Waals surface area contributed by atoms with Crippen molar-refractivity contribution in [3.05, 3.63) is 12.2 Å². The van der Waals surface area contributed by atoms with Gasteiger partial charge in [0.05, 0.1) is 18.3 Å². The van der Waals surface area contributed by atoms with E-state index in [4.69, 9.17) is 14.2 Å². The average Bonchev–Trinajstić information content (AvgIpc) is 3.26. The minimum atomic E-state index is -1.51. The van der Waals surface area contributed by atoms with E-state index in [-0.39, 0.29) is 16.7 Å². The van der Waals surface area contributed by atoms with Crippen molar-refractivity contribution in [2.24, 2.45) is 39.9 Å². The fourth-order valence-corrected chi connectivity index (χ4v) is 10.7. The summed E-state index contributed by atoms with van der Waals surface area (Å²) in [5.74, 6) is 1.61. The number of hydrogen-bond acceptors (Lipinski definition) is 9. The molecule has 2 aliphatic heterocycles. The minimum Gasteiger partial charge on any atom is -0.394 e. The maximum Gasteiger partial charge on any atom is 0.186 e. The number of aldehydes is 1. The SMILES string of the molecule is C[C@H](CCCC(C)(C)O)[C@H]1CC[C@@]2(C)[C@H](/C=C\[C@@]34OC(C=O)[C@@H]3CC[C@H](O[C@@H]3OC(CO)[C@H](O)[C@H](O)C3O)C4(C)C)CCC[C@]12C. The Balaban J connectivity index is 1.36. The summed E-state index contributed by atoms with van der Waals surface area (Å²) in [6.45, 7) is 14.9. The molecule has 264 valence electrons. The van der Waals surface area contributed by atoms with E-state index in [0.717, 1.165) is 32.0 Å². The zero-order valence-electron chi connectivity index (χ0n) is 29.2. The molecule has 0 aromatic rings. The summed E-state index contributed by atoms with van der Waals surface area (Å²) in [7, 11) is 0. The Morgan fingerprint density at radius 2 is 1.70 bits per heavy atom. The number of fused-ring (bicyclic) bond motifs is 2. The second kappa shape index (κ2) is 13.1. The lowest BCUT2D eigenvalue weighted by molar-refractivity contribution is -0.353. The number of carbonyl (C=O) groups is 1. The molecule has 0 amide bonds. The quantitative estimate of drug-likeness (QED) is 0.163. The molecule has 9 heteroatoms. The molecule has 46 heavy (non-hydrogen) atoms. The molecule has 9 nitrogen and oxygen atoms in total. The van der Waals surface area contributed by atoms with Gasteiger partial charge in [-0.2, -0.15) is 0 Å². The predicted molar refractivity (Wildman–Crippen MR) is 174 cm³/mol. The molecule has 5 fully saturated rings. The first-order chi connectivity index (χ1) is 21.5. The molecule has 5 N–H and O–H groups in total. The first kappa shape index (κ1) is 36.4. The summed E-state index contributed by atoms with van der Waals surface area (Å²) < 4.78 is 18.6. The van der Waals surface area contributed by atoms with Gasteiger partial charge in [0.1, 0.15) is 42.4 Å². The molecule has 3 saturated carbocycles. The molecule has 0 aromatic heterocycles. The highest BCUT2D eigenvalue weighted by atomic mass is 16.7. The van der Waals surface area contributed by atoms with Crippen LogP contribution >= 0.6 is 0 Å². The molecule has 0 aromatic carbocycles. The van der Waals surface area contributed by atoms with Crippen LogP contribution in [0, 0.1) is 39.9 Å². The van der Waals surface area contributed by atoms with Crippen molar-refractivity contribution in [2.45, 2.75) is 167 Å². The molecule has 0 spiro atoms. The molecule has 2 heterocycles. The molecular weight excluding hydrogens is 588 g/mol. The molecule has 5 aliphatic rings. The van der Waals surface area contributed by atoms with Crippen molar-refractivity contribution < 1.29 is 44.5 Å². The summed E-state index contributed by atoms with van der Waals surface area (Å²) in [6.07, 6.45) is 8.15. The van der Waals surface area contributed by atoms with Crippen molar-refractivity contribution in [3.63, 3.8) is 0 Å². The topological polar surface area (TPSA) is 146 Å². The van der Waals surface area contributed by atoms with Crippen molar-refractivity contribution in [1.82, 2.24) is 0 Å². The van der Waals surface area contributed by atoms with Crippen LogP contribution in [0.1, 0.15) is 113 Å². The standard InChI is InChI=1S/C37H62O9/c1-22(10-8-16-33(2,3)43)24-15-18-35(6)23(11-9-17-36(24,35)7)14-19-37-25(26(20-38)46-37)12-13-28(34(37,4)5)45-32-31(42)30(41)29(40)27(21-39)44-32/h14,19-20,22-32,39-43H,8-13,15-18,21H2,1-7H3/b19-14-/t22-,23+,24-,25+,26?,27?,28+,29+,30+,31?,32+,35+,36-,37-/m1/s1. The smallest absolute Gasteiger partial charge is 0.186 e. The minimum absolute atomic E-state index is 0.000745. The third kappa shape index (κ3) is 5.97. The molecular formula is C37H62O9. The summed E-state index contributed by atoms with van der Waals surface area (Å²) in [4.78, 5) is 12.0. The van der Waals surface area contributed by atoms with Crippen LogP contribution in [-0.4, -0.2) is 92.5 Å². The first-order valence-corrected chi connectivity index (χ1v) is 18.0. The van der Waals surface area contributed by atoms with Gasteiger partial charge in [-0.15, -0.1) is 0 Å².